The Balaban J connectivity index is 2.03. The second-order valence-electron chi connectivity index (χ2n) is 5.49. The van der Waals surface area contributed by atoms with Crippen molar-refractivity contribution >= 4 is 9.84 Å². The van der Waals surface area contributed by atoms with E-state index in [1.807, 2.05) is 13.0 Å². The SMILES string of the molecule is Cc1ncccc1C1(O)CC2CCC(C1)S2(=O)=O. The van der Waals surface area contributed by atoms with Crippen molar-refractivity contribution in [1.82, 2.24) is 4.98 Å². The van der Waals surface area contributed by atoms with Crippen molar-refractivity contribution < 1.29 is 13.5 Å². The van der Waals surface area contributed by atoms with Crippen LogP contribution in [0.1, 0.15) is 36.9 Å². The van der Waals surface area contributed by atoms with Crippen molar-refractivity contribution in [1.29, 1.82) is 0 Å². The predicted molar refractivity (Wildman–Crippen MR) is 67.8 cm³/mol. The van der Waals surface area contributed by atoms with Gasteiger partial charge in [0, 0.05) is 17.5 Å². The summed E-state index contributed by atoms with van der Waals surface area (Å²) in [5.74, 6) is 0. The zero-order valence-corrected chi connectivity index (χ0v) is 11.2. The number of aromatic nitrogens is 1. The number of rotatable bonds is 1. The molecular formula is C13H17NO3S. The van der Waals surface area contributed by atoms with E-state index in [2.05, 4.69) is 4.98 Å². The number of sulfone groups is 1. The Morgan fingerprint density at radius 2 is 1.94 bits per heavy atom. The third-order valence-corrected chi connectivity index (χ3v) is 7.04. The number of aryl methyl sites for hydroxylation is 1. The molecule has 18 heavy (non-hydrogen) atoms. The molecule has 5 heteroatoms. The van der Waals surface area contributed by atoms with Crippen LogP contribution in [0.3, 0.4) is 0 Å². The van der Waals surface area contributed by atoms with Gasteiger partial charge in [-0.1, -0.05) is 6.07 Å². The molecule has 0 aromatic carbocycles. The molecule has 1 aromatic heterocycles. The largest absolute Gasteiger partial charge is 0.385 e. The van der Waals surface area contributed by atoms with Crippen molar-refractivity contribution in [3.8, 4) is 0 Å². The second-order valence-corrected chi connectivity index (χ2v) is 8.00. The summed E-state index contributed by atoms with van der Waals surface area (Å²) >= 11 is 0. The average molecular weight is 267 g/mol. The molecule has 2 aliphatic rings. The molecule has 3 heterocycles. The molecule has 2 unspecified atom stereocenters. The first-order chi connectivity index (χ1) is 8.43. The first kappa shape index (κ1) is 12.1. The molecule has 2 saturated heterocycles. The van der Waals surface area contributed by atoms with Crippen LogP contribution in [-0.4, -0.2) is 29.0 Å². The summed E-state index contributed by atoms with van der Waals surface area (Å²) in [7, 11) is -3.00. The van der Waals surface area contributed by atoms with E-state index in [1.54, 1.807) is 12.3 Å². The normalized spacial score (nSPS) is 37.7. The number of nitrogens with zero attached hydrogens (tertiary/aromatic N) is 1. The van der Waals surface area contributed by atoms with E-state index in [4.69, 9.17) is 0 Å². The number of hydrogen-bond donors (Lipinski definition) is 1. The molecule has 2 fully saturated rings. The first-order valence-corrected chi connectivity index (χ1v) is 7.92. The lowest BCUT2D eigenvalue weighted by atomic mass is 9.85. The highest BCUT2D eigenvalue weighted by atomic mass is 32.2. The third kappa shape index (κ3) is 1.61. The Labute approximate surface area is 107 Å². The minimum absolute atomic E-state index is 0.318. The maximum Gasteiger partial charge on any atom is 0.156 e. The zero-order valence-electron chi connectivity index (χ0n) is 10.3. The van der Waals surface area contributed by atoms with Gasteiger partial charge < -0.3 is 5.11 Å². The highest BCUT2D eigenvalue weighted by molar-refractivity contribution is 7.93. The van der Waals surface area contributed by atoms with Gasteiger partial charge in [-0.25, -0.2) is 8.42 Å². The molecule has 0 spiro atoms. The zero-order chi connectivity index (χ0) is 13.0. The average Bonchev–Trinajstić information content (AvgIpc) is 2.51. The van der Waals surface area contributed by atoms with E-state index in [0.717, 1.165) is 11.3 Å². The summed E-state index contributed by atoms with van der Waals surface area (Å²) in [6.45, 7) is 1.86. The molecule has 2 bridgehead atoms. The Morgan fingerprint density at radius 1 is 1.33 bits per heavy atom. The van der Waals surface area contributed by atoms with Gasteiger partial charge in [0.15, 0.2) is 9.84 Å². The molecule has 4 nitrogen and oxygen atoms in total. The van der Waals surface area contributed by atoms with Crippen LogP contribution in [0.25, 0.3) is 0 Å². The van der Waals surface area contributed by atoms with E-state index in [0.29, 0.717) is 25.7 Å². The predicted octanol–water partition coefficient (Wildman–Crippen LogP) is 1.32. The number of pyridine rings is 1. The maximum atomic E-state index is 12.1. The van der Waals surface area contributed by atoms with E-state index < -0.39 is 15.4 Å². The Kier molecular flexibility index (Phi) is 2.54. The van der Waals surface area contributed by atoms with Gasteiger partial charge >= 0.3 is 0 Å². The van der Waals surface area contributed by atoms with Gasteiger partial charge in [0.2, 0.25) is 0 Å². The van der Waals surface area contributed by atoms with Gasteiger partial charge in [-0.15, -0.1) is 0 Å². The third-order valence-electron chi connectivity index (χ3n) is 4.38. The molecule has 0 amide bonds. The van der Waals surface area contributed by atoms with Crippen LogP contribution in [0.15, 0.2) is 18.3 Å². The molecule has 0 saturated carbocycles. The summed E-state index contributed by atoms with van der Waals surface area (Å²) in [6.07, 6.45) is 3.70. The van der Waals surface area contributed by atoms with Gasteiger partial charge in [-0.3, -0.25) is 4.98 Å². The lowest BCUT2D eigenvalue weighted by Gasteiger charge is -2.37. The minimum atomic E-state index is -3.00. The fourth-order valence-corrected chi connectivity index (χ4v) is 5.93. The topological polar surface area (TPSA) is 67.3 Å². The number of fused-ring (bicyclic) bond motifs is 2. The molecule has 0 aliphatic carbocycles. The summed E-state index contributed by atoms with van der Waals surface area (Å²) < 4.78 is 24.1. The highest BCUT2D eigenvalue weighted by Crippen LogP contribution is 2.47. The lowest BCUT2D eigenvalue weighted by molar-refractivity contribution is 0.0163. The van der Waals surface area contributed by atoms with E-state index in [1.165, 1.54) is 0 Å². The van der Waals surface area contributed by atoms with Crippen molar-refractivity contribution in [3.63, 3.8) is 0 Å². The Bertz CT molecular complexity index is 562. The lowest BCUT2D eigenvalue weighted by Crippen LogP contribution is -2.43. The molecule has 1 aromatic rings. The molecule has 98 valence electrons. The summed E-state index contributed by atoms with van der Waals surface area (Å²) in [5.41, 5.74) is 0.561. The quantitative estimate of drug-likeness (QED) is 0.833. The van der Waals surface area contributed by atoms with Crippen LogP contribution in [0, 0.1) is 6.92 Å². The van der Waals surface area contributed by atoms with E-state index in [9.17, 15) is 13.5 Å². The van der Waals surface area contributed by atoms with Crippen LogP contribution in [0.2, 0.25) is 0 Å². The summed E-state index contributed by atoms with van der Waals surface area (Å²) in [5, 5.41) is 10.1. The number of hydrogen-bond acceptors (Lipinski definition) is 4. The van der Waals surface area contributed by atoms with Crippen LogP contribution in [-0.2, 0) is 15.4 Å². The molecule has 2 aliphatic heterocycles. The minimum Gasteiger partial charge on any atom is -0.385 e. The molecule has 1 N–H and O–H groups in total. The number of aliphatic hydroxyl groups is 1. The smallest absolute Gasteiger partial charge is 0.156 e. The fraction of sp³-hybridized carbons (Fsp3) is 0.615. The molecule has 0 radical (unpaired) electrons. The van der Waals surface area contributed by atoms with Gasteiger partial charge in [-0.2, -0.15) is 0 Å². The first-order valence-electron chi connectivity index (χ1n) is 6.31. The molecule has 2 atom stereocenters. The van der Waals surface area contributed by atoms with Crippen molar-refractivity contribution in [2.75, 3.05) is 0 Å². The summed E-state index contributed by atoms with van der Waals surface area (Å²) in [6, 6.07) is 3.66. The monoisotopic (exact) mass is 267 g/mol. The second kappa shape index (κ2) is 3.78. The fourth-order valence-electron chi connectivity index (χ4n) is 3.44. The van der Waals surface area contributed by atoms with Gasteiger partial charge in [0.25, 0.3) is 0 Å². The Morgan fingerprint density at radius 3 is 2.50 bits per heavy atom. The highest BCUT2D eigenvalue weighted by Gasteiger charge is 2.53. The van der Waals surface area contributed by atoms with Crippen molar-refractivity contribution in [2.24, 2.45) is 0 Å². The maximum absolute atomic E-state index is 12.1. The van der Waals surface area contributed by atoms with E-state index >= 15 is 0 Å². The van der Waals surface area contributed by atoms with Crippen LogP contribution >= 0.6 is 0 Å². The van der Waals surface area contributed by atoms with Gasteiger partial charge in [0.05, 0.1) is 16.1 Å². The molecule has 3 rings (SSSR count). The van der Waals surface area contributed by atoms with Gasteiger partial charge in [0.1, 0.15) is 0 Å². The van der Waals surface area contributed by atoms with Crippen LogP contribution < -0.4 is 0 Å². The standard InChI is InChI=1S/C13H17NO3S/c1-9-12(3-2-6-14-9)13(15)7-10-4-5-11(8-13)18(10,16)17/h2-3,6,10-11,15H,4-5,7-8H2,1H3. The van der Waals surface area contributed by atoms with Crippen molar-refractivity contribution in [3.05, 3.63) is 29.6 Å². The molecular weight excluding hydrogens is 250 g/mol. The van der Waals surface area contributed by atoms with Crippen LogP contribution in [0.4, 0.5) is 0 Å². The van der Waals surface area contributed by atoms with Gasteiger partial charge in [-0.05, 0) is 38.7 Å². The Hall–Kier alpha value is -0.940. The van der Waals surface area contributed by atoms with E-state index in [-0.39, 0.29) is 10.5 Å². The van der Waals surface area contributed by atoms with Crippen LogP contribution in [0.5, 0.6) is 0 Å². The summed E-state index contributed by atoms with van der Waals surface area (Å²) in [4.78, 5) is 4.20. The van der Waals surface area contributed by atoms with Crippen molar-refractivity contribution in [2.45, 2.75) is 48.7 Å².